The molecule has 0 atom stereocenters. The van der Waals surface area contributed by atoms with Crippen molar-refractivity contribution in [2.45, 2.75) is 39.2 Å². The summed E-state index contributed by atoms with van der Waals surface area (Å²) >= 11 is 0. The second kappa shape index (κ2) is 9.15. The molecule has 0 radical (unpaired) electrons. The predicted octanol–water partition coefficient (Wildman–Crippen LogP) is 3.58. The number of carbonyl (C=O) groups excluding carboxylic acids is 2. The minimum Gasteiger partial charge on any atom is -0.326 e. The third-order valence-electron chi connectivity index (χ3n) is 3.69. The molecule has 3 N–H and O–H groups in total. The van der Waals surface area contributed by atoms with Crippen LogP contribution in [0.25, 0.3) is 0 Å². The summed E-state index contributed by atoms with van der Waals surface area (Å²) in [6.07, 6.45) is 1.11. The number of hydrogen-bond acceptors (Lipinski definition) is 3. The summed E-state index contributed by atoms with van der Waals surface area (Å²) in [7, 11) is 0. The van der Waals surface area contributed by atoms with Gasteiger partial charge in [-0.25, -0.2) is 0 Å². The van der Waals surface area contributed by atoms with Crippen LogP contribution in [0.2, 0.25) is 0 Å². The third-order valence-corrected chi connectivity index (χ3v) is 3.69. The standard InChI is InChI=1S/C21H27N3O2/c1-21(2,3)22-15-20(26)24-18-11-7-10-17(14-18)23-19(25)13-12-16-8-5-4-6-9-16/h4-11,14,22H,12-13,15H2,1-3H3,(H,23,25)(H,24,26). The maximum absolute atomic E-state index is 12.1. The summed E-state index contributed by atoms with van der Waals surface area (Å²) in [5, 5.41) is 8.85. The van der Waals surface area contributed by atoms with Crippen molar-refractivity contribution in [3.05, 3.63) is 60.2 Å². The Kier molecular flexibility index (Phi) is 6.92. The molecule has 5 nitrogen and oxygen atoms in total. The molecular formula is C21H27N3O2. The average Bonchev–Trinajstić information content (AvgIpc) is 2.59. The van der Waals surface area contributed by atoms with Gasteiger partial charge in [-0.3, -0.25) is 9.59 Å². The maximum atomic E-state index is 12.1. The van der Waals surface area contributed by atoms with E-state index in [2.05, 4.69) is 16.0 Å². The van der Waals surface area contributed by atoms with E-state index in [0.717, 1.165) is 5.56 Å². The second-order valence-corrected chi connectivity index (χ2v) is 7.27. The highest BCUT2D eigenvalue weighted by Gasteiger charge is 2.11. The molecule has 0 aromatic heterocycles. The van der Waals surface area contributed by atoms with E-state index >= 15 is 0 Å². The fourth-order valence-corrected chi connectivity index (χ4v) is 2.35. The monoisotopic (exact) mass is 353 g/mol. The summed E-state index contributed by atoms with van der Waals surface area (Å²) in [6.45, 7) is 6.25. The Hall–Kier alpha value is -2.66. The highest BCUT2D eigenvalue weighted by Crippen LogP contribution is 2.15. The Morgan fingerprint density at radius 3 is 2.08 bits per heavy atom. The van der Waals surface area contributed by atoms with Crippen molar-refractivity contribution in [3.8, 4) is 0 Å². The van der Waals surface area contributed by atoms with Crippen LogP contribution in [0, 0.1) is 0 Å². The van der Waals surface area contributed by atoms with Crippen molar-refractivity contribution < 1.29 is 9.59 Å². The molecular weight excluding hydrogens is 326 g/mol. The van der Waals surface area contributed by atoms with Gasteiger partial charge in [0.15, 0.2) is 0 Å². The van der Waals surface area contributed by atoms with Gasteiger partial charge in [-0.2, -0.15) is 0 Å². The SMILES string of the molecule is CC(C)(C)NCC(=O)Nc1cccc(NC(=O)CCc2ccccc2)c1. The van der Waals surface area contributed by atoms with Crippen molar-refractivity contribution in [2.24, 2.45) is 0 Å². The molecule has 0 unspecified atom stereocenters. The van der Waals surface area contributed by atoms with Gasteiger partial charge in [0.05, 0.1) is 6.54 Å². The highest BCUT2D eigenvalue weighted by atomic mass is 16.2. The Morgan fingerprint density at radius 2 is 1.46 bits per heavy atom. The van der Waals surface area contributed by atoms with Crippen LogP contribution in [0.1, 0.15) is 32.8 Å². The number of carbonyl (C=O) groups is 2. The Balaban J connectivity index is 1.84. The predicted molar refractivity (Wildman–Crippen MR) is 106 cm³/mol. The van der Waals surface area contributed by atoms with Crippen LogP contribution in [0.5, 0.6) is 0 Å². The lowest BCUT2D eigenvalue weighted by molar-refractivity contribution is -0.116. The lowest BCUT2D eigenvalue weighted by Gasteiger charge is -2.20. The number of aryl methyl sites for hydroxylation is 1. The van der Waals surface area contributed by atoms with E-state index in [1.54, 1.807) is 18.2 Å². The number of rotatable bonds is 7. The Morgan fingerprint density at radius 1 is 0.846 bits per heavy atom. The van der Waals surface area contributed by atoms with Gasteiger partial charge in [-0.15, -0.1) is 0 Å². The van der Waals surface area contributed by atoms with E-state index < -0.39 is 0 Å². The first-order valence-electron chi connectivity index (χ1n) is 8.80. The van der Waals surface area contributed by atoms with E-state index in [0.29, 0.717) is 24.2 Å². The fourth-order valence-electron chi connectivity index (χ4n) is 2.35. The molecule has 0 fully saturated rings. The van der Waals surface area contributed by atoms with Crippen LogP contribution in [-0.4, -0.2) is 23.9 Å². The molecule has 2 rings (SSSR count). The van der Waals surface area contributed by atoms with Crippen LogP contribution >= 0.6 is 0 Å². The van der Waals surface area contributed by atoms with Gasteiger partial charge in [0.25, 0.3) is 0 Å². The Bertz CT molecular complexity index is 736. The molecule has 0 aliphatic carbocycles. The molecule has 2 amide bonds. The average molecular weight is 353 g/mol. The van der Waals surface area contributed by atoms with Gasteiger partial charge in [0.2, 0.25) is 11.8 Å². The van der Waals surface area contributed by atoms with Gasteiger partial charge in [0.1, 0.15) is 0 Å². The molecule has 0 heterocycles. The van der Waals surface area contributed by atoms with Crippen molar-refractivity contribution in [1.82, 2.24) is 5.32 Å². The minimum atomic E-state index is -0.119. The van der Waals surface area contributed by atoms with Crippen LogP contribution < -0.4 is 16.0 Å². The molecule has 2 aromatic rings. The highest BCUT2D eigenvalue weighted by molar-refractivity contribution is 5.94. The molecule has 0 saturated heterocycles. The van der Waals surface area contributed by atoms with E-state index in [9.17, 15) is 9.59 Å². The van der Waals surface area contributed by atoms with E-state index in [1.807, 2.05) is 57.2 Å². The molecule has 0 spiro atoms. The molecule has 0 bridgehead atoms. The van der Waals surface area contributed by atoms with Gasteiger partial charge in [-0.05, 0) is 51.0 Å². The lowest BCUT2D eigenvalue weighted by atomic mass is 10.1. The van der Waals surface area contributed by atoms with Crippen molar-refractivity contribution >= 4 is 23.2 Å². The molecule has 26 heavy (non-hydrogen) atoms. The normalized spacial score (nSPS) is 11.0. The molecule has 138 valence electrons. The first kappa shape index (κ1) is 19.7. The maximum Gasteiger partial charge on any atom is 0.238 e. The smallest absolute Gasteiger partial charge is 0.238 e. The van der Waals surface area contributed by atoms with Crippen molar-refractivity contribution in [3.63, 3.8) is 0 Å². The largest absolute Gasteiger partial charge is 0.326 e. The topological polar surface area (TPSA) is 70.2 Å². The number of amides is 2. The molecule has 5 heteroatoms. The molecule has 2 aromatic carbocycles. The first-order chi connectivity index (χ1) is 12.3. The number of benzene rings is 2. The van der Waals surface area contributed by atoms with Gasteiger partial charge < -0.3 is 16.0 Å². The number of anilines is 2. The van der Waals surface area contributed by atoms with Crippen LogP contribution in [0.15, 0.2) is 54.6 Å². The zero-order valence-corrected chi connectivity index (χ0v) is 15.6. The quantitative estimate of drug-likeness (QED) is 0.712. The summed E-state index contributed by atoms with van der Waals surface area (Å²) in [6, 6.07) is 17.1. The summed E-state index contributed by atoms with van der Waals surface area (Å²) < 4.78 is 0. The first-order valence-corrected chi connectivity index (χ1v) is 8.80. The minimum absolute atomic E-state index is 0.0493. The summed E-state index contributed by atoms with van der Waals surface area (Å²) in [5.41, 5.74) is 2.34. The van der Waals surface area contributed by atoms with Gasteiger partial charge in [-0.1, -0.05) is 36.4 Å². The van der Waals surface area contributed by atoms with Crippen molar-refractivity contribution in [1.29, 1.82) is 0 Å². The fraction of sp³-hybridized carbons (Fsp3) is 0.333. The van der Waals surface area contributed by atoms with E-state index in [-0.39, 0.29) is 23.9 Å². The molecule has 0 aliphatic rings. The van der Waals surface area contributed by atoms with E-state index in [1.165, 1.54) is 0 Å². The third kappa shape index (κ3) is 7.49. The van der Waals surface area contributed by atoms with Crippen LogP contribution in [0.3, 0.4) is 0 Å². The number of hydrogen-bond donors (Lipinski definition) is 3. The van der Waals surface area contributed by atoms with E-state index in [4.69, 9.17) is 0 Å². The summed E-state index contributed by atoms with van der Waals surface area (Å²) in [4.78, 5) is 24.1. The van der Waals surface area contributed by atoms with Gasteiger partial charge in [0, 0.05) is 23.3 Å². The van der Waals surface area contributed by atoms with Gasteiger partial charge >= 0.3 is 0 Å². The van der Waals surface area contributed by atoms with Crippen molar-refractivity contribution in [2.75, 3.05) is 17.2 Å². The van der Waals surface area contributed by atoms with Crippen LogP contribution in [0.4, 0.5) is 11.4 Å². The molecule has 0 saturated carbocycles. The summed E-state index contributed by atoms with van der Waals surface area (Å²) in [5.74, 6) is -0.167. The Labute approximate surface area is 155 Å². The zero-order valence-electron chi connectivity index (χ0n) is 15.6. The molecule has 0 aliphatic heterocycles. The van der Waals surface area contributed by atoms with Crippen LogP contribution in [-0.2, 0) is 16.0 Å². The zero-order chi connectivity index (χ0) is 19.0. The second-order valence-electron chi connectivity index (χ2n) is 7.27. The lowest BCUT2D eigenvalue weighted by Crippen LogP contribution is -2.41. The number of nitrogens with one attached hydrogen (secondary N) is 3.